The van der Waals surface area contributed by atoms with Crippen LogP contribution in [-0.2, 0) is 32.6 Å². The summed E-state index contributed by atoms with van der Waals surface area (Å²) in [5, 5.41) is 0. The molecule has 11 heteroatoms. The maximum absolute atomic E-state index is 13.6. The molecule has 2 amide bonds. The van der Waals surface area contributed by atoms with Crippen molar-refractivity contribution in [1.82, 2.24) is 24.1 Å². The van der Waals surface area contributed by atoms with Gasteiger partial charge in [0.1, 0.15) is 0 Å². The van der Waals surface area contributed by atoms with Gasteiger partial charge in [-0.2, -0.15) is 4.31 Å². The number of carbonyl (C=O) groups excluding carboxylic acids is 2. The summed E-state index contributed by atoms with van der Waals surface area (Å²) in [6.07, 6.45) is 7.67. The smallest absolute Gasteiger partial charge is 0.223 e. The molecular weight excluding hydrogens is 540 g/mol. The zero-order valence-electron chi connectivity index (χ0n) is 24.8. The summed E-state index contributed by atoms with van der Waals surface area (Å²) >= 11 is 0. The average Bonchev–Trinajstić information content (AvgIpc) is 3.42. The molecule has 0 saturated carbocycles. The molecule has 1 aromatic heterocycles. The topological polar surface area (TPSA) is 107 Å². The summed E-state index contributed by atoms with van der Waals surface area (Å²) in [7, 11) is -3.31. The highest BCUT2D eigenvalue weighted by molar-refractivity contribution is 7.88. The third kappa shape index (κ3) is 8.33. The van der Waals surface area contributed by atoms with Crippen LogP contribution in [0.25, 0.3) is 0 Å². The molecule has 3 heterocycles. The van der Waals surface area contributed by atoms with E-state index in [-0.39, 0.29) is 24.3 Å². The lowest BCUT2D eigenvalue weighted by Crippen LogP contribution is -2.40. The van der Waals surface area contributed by atoms with Crippen LogP contribution in [0.1, 0.15) is 69.4 Å². The second kappa shape index (κ2) is 13.8. The molecular formula is C30H44N6O4S. The lowest BCUT2D eigenvalue weighted by atomic mass is 10.1. The summed E-state index contributed by atoms with van der Waals surface area (Å²) in [6.45, 7) is 10.8. The maximum atomic E-state index is 13.6. The number of para-hydroxylation sites is 1. The van der Waals surface area contributed by atoms with Crippen LogP contribution < -0.4 is 4.90 Å². The van der Waals surface area contributed by atoms with Crippen LogP contribution in [-0.4, -0.2) is 89.8 Å². The van der Waals surface area contributed by atoms with Gasteiger partial charge in [-0.1, -0.05) is 32.0 Å². The van der Waals surface area contributed by atoms with E-state index in [1.165, 1.54) is 10.6 Å². The summed E-state index contributed by atoms with van der Waals surface area (Å²) in [5.41, 5.74) is 3.18. The van der Waals surface area contributed by atoms with Crippen molar-refractivity contribution in [1.29, 1.82) is 0 Å². The Labute approximate surface area is 244 Å². The second-order valence-corrected chi connectivity index (χ2v) is 13.6. The largest absolute Gasteiger partial charge is 0.337 e. The molecule has 1 fully saturated rings. The SMILES string of the molecule is CC(=O)N1CCCN(CC(C)C)CCN(C(=O)CCc2cnc(C3CCCN3S(C)(=O)=O)cn2)Cc2ccccc21. The first-order valence-corrected chi connectivity index (χ1v) is 16.5. The molecule has 10 nitrogen and oxygen atoms in total. The Hall–Kier alpha value is -2.89. The number of hydrogen-bond donors (Lipinski definition) is 0. The molecule has 224 valence electrons. The Morgan fingerprint density at radius 3 is 2.46 bits per heavy atom. The van der Waals surface area contributed by atoms with Gasteiger partial charge in [0.15, 0.2) is 0 Å². The number of nitrogens with zero attached hydrogens (tertiary/aromatic N) is 6. The number of amides is 2. The van der Waals surface area contributed by atoms with Crippen LogP contribution in [0.5, 0.6) is 0 Å². The number of rotatable bonds is 7. The van der Waals surface area contributed by atoms with Gasteiger partial charge in [0.05, 0.1) is 29.9 Å². The van der Waals surface area contributed by atoms with Crippen molar-refractivity contribution in [3.63, 3.8) is 0 Å². The van der Waals surface area contributed by atoms with Crippen molar-refractivity contribution < 1.29 is 18.0 Å². The Morgan fingerprint density at radius 1 is 1.00 bits per heavy atom. The van der Waals surface area contributed by atoms with Gasteiger partial charge in [0, 0.05) is 64.5 Å². The third-order valence-corrected chi connectivity index (χ3v) is 9.12. The van der Waals surface area contributed by atoms with Crippen molar-refractivity contribution in [2.24, 2.45) is 5.92 Å². The average molecular weight is 585 g/mol. The monoisotopic (exact) mass is 584 g/mol. The highest BCUT2D eigenvalue weighted by Crippen LogP contribution is 2.32. The molecule has 1 aromatic carbocycles. The summed E-state index contributed by atoms with van der Waals surface area (Å²) < 4.78 is 25.8. The minimum Gasteiger partial charge on any atom is -0.337 e. The molecule has 0 aliphatic carbocycles. The Morgan fingerprint density at radius 2 is 1.78 bits per heavy atom. The fraction of sp³-hybridized carbons (Fsp3) is 0.600. The zero-order valence-corrected chi connectivity index (χ0v) is 25.6. The molecule has 0 spiro atoms. The highest BCUT2D eigenvalue weighted by Gasteiger charge is 2.33. The molecule has 1 saturated heterocycles. The fourth-order valence-electron chi connectivity index (χ4n) is 5.87. The second-order valence-electron chi connectivity index (χ2n) is 11.6. The third-order valence-electron chi connectivity index (χ3n) is 7.83. The fourth-order valence-corrected chi connectivity index (χ4v) is 7.01. The van der Waals surface area contributed by atoms with Gasteiger partial charge in [0.25, 0.3) is 0 Å². The van der Waals surface area contributed by atoms with Gasteiger partial charge in [0.2, 0.25) is 21.8 Å². The predicted octanol–water partition coefficient (Wildman–Crippen LogP) is 3.25. The van der Waals surface area contributed by atoms with E-state index in [9.17, 15) is 18.0 Å². The van der Waals surface area contributed by atoms with Crippen LogP contribution in [0.3, 0.4) is 0 Å². The first kappa shape index (κ1) is 31.1. The minimum atomic E-state index is -3.31. The normalized spacial score (nSPS) is 19.7. The highest BCUT2D eigenvalue weighted by atomic mass is 32.2. The predicted molar refractivity (Wildman–Crippen MR) is 160 cm³/mol. The van der Waals surface area contributed by atoms with E-state index in [2.05, 4.69) is 28.7 Å². The standard InChI is InChI=1S/C30H44N6O4S/c1-23(2)21-33-14-8-15-35(24(3)37)28-10-6-5-9-25(28)22-34(18-17-33)30(38)13-12-26-19-32-27(20-31-26)29-11-7-16-36(29)41(4,39)40/h5-6,9-10,19-20,23,29H,7-8,11-18,21-22H2,1-4H3. The summed E-state index contributed by atoms with van der Waals surface area (Å²) in [5.74, 6) is 0.535. The molecule has 0 bridgehead atoms. The van der Waals surface area contributed by atoms with E-state index in [1.54, 1.807) is 19.3 Å². The number of fused-ring (bicyclic) bond motifs is 1. The van der Waals surface area contributed by atoms with Gasteiger partial charge >= 0.3 is 0 Å². The molecule has 2 aromatic rings. The lowest BCUT2D eigenvalue weighted by molar-refractivity contribution is -0.132. The molecule has 2 aliphatic heterocycles. The van der Waals surface area contributed by atoms with Gasteiger partial charge in [-0.05, 0) is 49.8 Å². The van der Waals surface area contributed by atoms with E-state index in [0.717, 1.165) is 50.1 Å². The molecule has 1 unspecified atom stereocenters. The molecule has 4 rings (SSSR count). The van der Waals surface area contributed by atoms with Crippen LogP contribution in [0, 0.1) is 5.92 Å². The molecule has 2 aliphatic rings. The molecule has 41 heavy (non-hydrogen) atoms. The van der Waals surface area contributed by atoms with Crippen molar-refractivity contribution in [3.05, 3.63) is 53.6 Å². The van der Waals surface area contributed by atoms with E-state index in [0.29, 0.717) is 49.9 Å². The quantitative estimate of drug-likeness (QED) is 0.492. The van der Waals surface area contributed by atoms with Crippen LogP contribution in [0.4, 0.5) is 5.69 Å². The van der Waals surface area contributed by atoms with Crippen LogP contribution in [0.15, 0.2) is 36.7 Å². The Kier molecular flexibility index (Phi) is 10.5. The van der Waals surface area contributed by atoms with E-state index in [1.807, 2.05) is 34.1 Å². The van der Waals surface area contributed by atoms with Gasteiger partial charge in [-0.3, -0.25) is 19.6 Å². The van der Waals surface area contributed by atoms with E-state index >= 15 is 0 Å². The number of anilines is 1. The number of aromatic nitrogens is 2. The summed E-state index contributed by atoms with van der Waals surface area (Å²) in [4.78, 5) is 41.4. The van der Waals surface area contributed by atoms with Crippen molar-refractivity contribution >= 4 is 27.5 Å². The minimum absolute atomic E-state index is 0.00395. The number of benzene rings is 1. The van der Waals surface area contributed by atoms with Crippen molar-refractivity contribution in [2.45, 2.75) is 65.5 Å². The number of sulfonamides is 1. The number of aryl methyl sites for hydroxylation is 1. The van der Waals surface area contributed by atoms with E-state index < -0.39 is 10.0 Å². The number of hydrogen-bond acceptors (Lipinski definition) is 7. The zero-order chi connectivity index (χ0) is 29.6. The van der Waals surface area contributed by atoms with Gasteiger partial charge in [-0.25, -0.2) is 8.42 Å². The Bertz CT molecular complexity index is 1300. The Balaban J connectivity index is 1.48. The summed E-state index contributed by atoms with van der Waals surface area (Å²) in [6, 6.07) is 7.58. The van der Waals surface area contributed by atoms with Crippen molar-refractivity contribution in [3.8, 4) is 0 Å². The lowest BCUT2D eigenvalue weighted by Gasteiger charge is -2.29. The first-order valence-electron chi connectivity index (χ1n) is 14.7. The van der Waals surface area contributed by atoms with Gasteiger partial charge < -0.3 is 14.7 Å². The van der Waals surface area contributed by atoms with Crippen LogP contribution >= 0.6 is 0 Å². The van der Waals surface area contributed by atoms with Crippen molar-refractivity contribution in [2.75, 3.05) is 50.4 Å². The first-order chi connectivity index (χ1) is 19.5. The maximum Gasteiger partial charge on any atom is 0.223 e. The molecule has 1 atom stereocenters. The van der Waals surface area contributed by atoms with Gasteiger partial charge in [-0.15, -0.1) is 0 Å². The number of carbonyl (C=O) groups is 2. The molecule has 0 N–H and O–H groups in total. The van der Waals surface area contributed by atoms with Crippen LogP contribution in [0.2, 0.25) is 0 Å². The molecule has 0 radical (unpaired) electrons. The van der Waals surface area contributed by atoms with E-state index in [4.69, 9.17) is 0 Å².